The van der Waals surface area contributed by atoms with Gasteiger partial charge in [0, 0.05) is 59.7 Å². The van der Waals surface area contributed by atoms with Crippen LogP contribution in [0.2, 0.25) is 0 Å². The summed E-state index contributed by atoms with van der Waals surface area (Å²) in [6.07, 6.45) is 7.27. The average Bonchev–Trinajstić information content (AvgIpc) is 3.49. The molecule has 1 fully saturated rings. The van der Waals surface area contributed by atoms with E-state index in [0.29, 0.717) is 19.8 Å². The van der Waals surface area contributed by atoms with Crippen LogP contribution in [0.1, 0.15) is 11.3 Å². The monoisotopic (exact) mass is 438 g/mol. The molecule has 33 heavy (non-hydrogen) atoms. The number of hydrogen-bond acceptors (Lipinski definition) is 7. The van der Waals surface area contributed by atoms with Crippen molar-refractivity contribution in [2.75, 3.05) is 31.2 Å². The standard InChI is InChI=1S/C24H22N8O/c1-2-4-21-20(3-1)18(14-26-21)13-25-16-19-11-24(31-7-9-33-10-8-31)32-23(29-19)12-22(30-32)17-5-6-27-28-15-17/h1-6,11-15,26H,7-10,16H2. The predicted molar refractivity (Wildman–Crippen MR) is 127 cm³/mol. The van der Waals surface area contributed by atoms with Crippen molar-refractivity contribution < 1.29 is 4.74 Å². The predicted octanol–water partition coefficient (Wildman–Crippen LogP) is 3.12. The number of nitrogens with one attached hydrogen (secondary N) is 1. The number of morpholine rings is 1. The molecule has 0 atom stereocenters. The van der Waals surface area contributed by atoms with Gasteiger partial charge in [-0.15, -0.1) is 0 Å². The van der Waals surface area contributed by atoms with E-state index in [-0.39, 0.29) is 0 Å². The van der Waals surface area contributed by atoms with Gasteiger partial charge in [0.2, 0.25) is 0 Å². The molecule has 9 nitrogen and oxygen atoms in total. The summed E-state index contributed by atoms with van der Waals surface area (Å²) in [6, 6.07) is 14.2. The lowest BCUT2D eigenvalue weighted by atomic mass is 10.2. The molecule has 164 valence electrons. The highest BCUT2D eigenvalue weighted by molar-refractivity contribution is 5.98. The third-order valence-electron chi connectivity index (χ3n) is 5.78. The van der Waals surface area contributed by atoms with Crippen LogP contribution in [0.25, 0.3) is 27.8 Å². The maximum atomic E-state index is 5.55. The van der Waals surface area contributed by atoms with Crippen LogP contribution >= 0.6 is 0 Å². The quantitative estimate of drug-likeness (QED) is 0.424. The lowest BCUT2D eigenvalue weighted by Gasteiger charge is -2.29. The van der Waals surface area contributed by atoms with Crippen LogP contribution in [0.3, 0.4) is 0 Å². The van der Waals surface area contributed by atoms with Gasteiger partial charge in [0.15, 0.2) is 5.65 Å². The van der Waals surface area contributed by atoms with E-state index in [0.717, 1.165) is 58.0 Å². The summed E-state index contributed by atoms with van der Waals surface area (Å²) < 4.78 is 7.45. The third-order valence-corrected chi connectivity index (χ3v) is 5.78. The number of rotatable bonds is 5. The van der Waals surface area contributed by atoms with E-state index in [1.54, 1.807) is 12.4 Å². The molecule has 5 heterocycles. The van der Waals surface area contributed by atoms with Crippen molar-refractivity contribution in [3.8, 4) is 11.3 Å². The van der Waals surface area contributed by atoms with Gasteiger partial charge in [-0.25, -0.2) is 4.98 Å². The van der Waals surface area contributed by atoms with Crippen LogP contribution in [0.5, 0.6) is 0 Å². The highest BCUT2D eigenvalue weighted by Gasteiger charge is 2.18. The molecule has 1 aromatic carbocycles. The summed E-state index contributed by atoms with van der Waals surface area (Å²) in [4.78, 5) is 15.1. The first kappa shape index (κ1) is 19.6. The summed E-state index contributed by atoms with van der Waals surface area (Å²) in [5, 5.41) is 13.8. The van der Waals surface area contributed by atoms with Crippen LogP contribution in [-0.2, 0) is 11.3 Å². The van der Waals surface area contributed by atoms with Gasteiger partial charge in [-0.05, 0) is 12.1 Å². The molecule has 6 rings (SSSR count). The topological polar surface area (TPSA) is 96.6 Å². The molecule has 9 heteroatoms. The summed E-state index contributed by atoms with van der Waals surface area (Å²) in [6.45, 7) is 3.48. The van der Waals surface area contributed by atoms with Gasteiger partial charge in [-0.2, -0.15) is 19.8 Å². The van der Waals surface area contributed by atoms with Crippen LogP contribution < -0.4 is 4.90 Å². The number of aromatic nitrogens is 6. The van der Waals surface area contributed by atoms with Gasteiger partial charge in [-0.1, -0.05) is 18.2 Å². The highest BCUT2D eigenvalue weighted by atomic mass is 16.5. The Balaban J connectivity index is 1.36. The van der Waals surface area contributed by atoms with Crippen molar-refractivity contribution in [2.24, 2.45) is 4.99 Å². The van der Waals surface area contributed by atoms with Gasteiger partial charge in [0.25, 0.3) is 0 Å². The van der Waals surface area contributed by atoms with Crippen LogP contribution in [-0.4, -0.2) is 62.3 Å². The zero-order chi connectivity index (χ0) is 22.0. The van der Waals surface area contributed by atoms with Gasteiger partial charge in [-0.3, -0.25) is 4.99 Å². The number of benzene rings is 1. The molecule has 0 radical (unpaired) electrons. The van der Waals surface area contributed by atoms with Crippen molar-refractivity contribution in [3.63, 3.8) is 0 Å². The molecule has 1 aliphatic rings. The minimum Gasteiger partial charge on any atom is -0.378 e. The number of H-pyrrole nitrogens is 1. The maximum absolute atomic E-state index is 5.55. The molecule has 0 saturated carbocycles. The summed E-state index contributed by atoms with van der Waals surface area (Å²) >= 11 is 0. The fourth-order valence-corrected chi connectivity index (χ4v) is 4.13. The molecule has 0 spiro atoms. The van der Waals surface area contributed by atoms with Crippen molar-refractivity contribution >= 4 is 28.6 Å². The minimum absolute atomic E-state index is 0.477. The molecule has 0 unspecified atom stereocenters. The second kappa shape index (κ2) is 8.44. The zero-order valence-corrected chi connectivity index (χ0v) is 17.9. The fraction of sp³-hybridized carbons (Fsp3) is 0.208. The molecule has 5 aromatic rings. The van der Waals surface area contributed by atoms with E-state index >= 15 is 0 Å². The van der Waals surface area contributed by atoms with E-state index in [4.69, 9.17) is 19.8 Å². The highest BCUT2D eigenvalue weighted by Crippen LogP contribution is 2.24. The Morgan fingerprint density at radius 2 is 2.00 bits per heavy atom. The first-order chi connectivity index (χ1) is 16.3. The molecule has 0 amide bonds. The molecular weight excluding hydrogens is 416 g/mol. The number of aliphatic imine (C=N–C) groups is 1. The normalized spacial score (nSPS) is 14.6. The number of hydrogen-bond donors (Lipinski definition) is 1. The van der Waals surface area contributed by atoms with Gasteiger partial charge < -0.3 is 14.6 Å². The van der Waals surface area contributed by atoms with E-state index in [1.807, 2.05) is 41.2 Å². The second-order valence-corrected chi connectivity index (χ2v) is 7.90. The maximum Gasteiger partial charge on any atom is 0.158 e. The van der Waals surface area contributed by atoms with Crippen LogP contribution in [0.4, 0.5) is 5.82 Å². The Morgan fingerprint density at radius 1 is 1.09 bits per heavy atom. The molecule has 4 aromatic heterocycles. The first-order valence-electron chi connectivity index (χ1n) is 10.9. The summed E-state index contributed by atoms with van der Waals surface area (Å²) in [5.74, 6) is 0.994. The van der Waals surface area contributed by atoms with Crippen molar-refractivity contribution in [1.82, 2.24) is 29.8 Å². The Kier molecular flexibility index (Phi) is 5.00. The molecular formula is C24H22N8O. The minimum atomic E-state index is 0.477. The Hall–Kier alpha value is -4.11. The van der Waals surface area contributed by atoms with E-state index < -0.39 is 0 Å². The van der Waals surface area contributed by atoms with Gasteiger partial charge in [0.05, 0.1) is 43.5 Å². The van der Waals surface area contributed by atoms with Crippen molar-refractivity contribution in [3.05, 3.63) is 72.3 Å². The Morgan fingerprint density at radius 3 is 2.88 bits per heavy atom. The molecule has 1 aliphatic heterocycles. The van der Waals surface area contributed by atoms with Gasteiger partial charge in [0.1, 0.15) is 5.82 Å². The van der Waals surface area contributed by atoms with E-state index in [9.17, 15) is 0 Å². The molecule has 0 aliphatic carbocycles. The Labute approximate surface area is 189 Å². The second-order valence-electron chi connectivity index (χ2n) is 7.90. The number of nitrogens with zero attached hydrogens (tertiary/aromatic N) is 7. The van der Waals surface area contributed by atoms with Gasteiger partial charge >= 0.3 is 0 Å². The SMILES string of the molecule is C(=NCc1cc(N2CCOCC2)n2nc(-c3ccnnc3)cc2n1)c1c[nH]c2ccccc12. The van der Waals surface area contributed by atoms with E-state index in [1.165, 1.54) is 0 Å². The van der Waals surface area contributed by atoms with Crippen LogP contribution in [0.15, 0.2) is 66.0 Å². The zero-order valence-electron chi connectivity index (χ0n) is 17.9. The Bertz CT molecular complexity index is 1430. The summed E-state index contributed by atoms with van der Waals surface area (Å²) in [7, 11) is 0. The molecule has 0 bridgehead atoms. The third kappa shape index (κ3) is 3.83. The number of fused-ring (bicyclic) bond motifs is 2. The van der Waals surface area contributed by atoms with E-state index in [2.05, 4.69) is 38.3 Å². The number of ether oxygens (including phenoxy) is 1. The molecule has 1 saturated heterocycles. The first-order valence-corrected chi connectivity index (χ1v) is 10.9. The smallest absolute Gasteiger partial charge is 0.158 e. The summed E-state index contributed by atoms with van der Waals surface area (Å²) in [5.41, 5.74) is 5.55. The molecule has 1 N–H and O–H groups in total. The van der Waals surface area contributed by atoms with Crippen molar-refractivity contribution in [2.45, 2.75) is 6.54 Å². The van der Waals surface area contributed by atoms with Crippen molar-refractivity contribution in [1.29, 1.82) is 0 Å². The largest absolute Gasteiger partial charge is 0.378 e. The lowest BCUT2D eigenvalue weighted by Crippen LogP contribution is -2.37. The average molecular weight is 438 g/mol. The fourth-order valence-electron chi connectivity index (χ4n) is 4.13. The number of aromatic amines is 1. The van der Waals surface area contributed by atoms with Crippen LogP contribution in [0, 0.1) is 0 Å². The lowest BCUT2D eigenvalue weighted by molar-refractivity contribution is 0.122. The number of anilines is 1. The number of para-hydroxylation sites is 1.